The molecule has 418 valence electrons. The van der Waals surface area contributed by atoms with E-state index in [0.717, 1.165) is 51.4 Å². The molecule has 71 heavy (non-hydrogen) atoms. The number of esters is 1. The highest BCUT2D eigenvalue weighted by atomic mass is 16.5. The Morgan fingerprint density at radius 3 is 1.11 bits per heavy atom. The number of carbonyl (C=O) groups is 2. The van der Waals surface area contributed by atoms with Crippen LogP contribution in [0.25, 0.3) is 0 Å². The second-order valence-corrected chi connectivity index (χ2v) is 21.7. The van der Waals surface area contributed by atoms with Gasteiger partial charge in [0.25, 0.3) is 0 Å². The van der Waals surface area contributed by atoms with Crippen LogP contribution in [0.4, 0.5) is 0 Å². The van der Waals surface area contributed by atoms with Gasteiger partial charge in [-0.3, -0.25) is 9.59 Å². The second-order valence-electron chi connectivity index (χ2n) is 21.7. The van der Waals surface area contributed by atoms with Crippen molar-refractivity contribution in [2.75, 3.05) is 13.2 Å². The first-order valence-electron chi connectivity index (χ1n) is 31.7. The summed E-state index contributed by atoms with van der Waals surface area (Å²) in [4.78, 5) is 24.6. The highest BCUT2D eigenvalue weighted by Crippen LogP contribution is 2.17. The van der Waals surface area contributed by atoms with Crippen LogP contribution in [-0.2, 0) is 14.3 Å². The average Bonchev–Trinajstić information content (AvgIpc) is 3.37. The first kappa shape index (κ1) is 69.1. The lowest BCUT2D eigenvalue weighted by Crippen LogP contribution is -2.45. The number of allylic oxidation sites excluding steroid dienone is 6. The molecule has 0 rings (SSSR count). The number of unbranched alkanes of at least 4 members (excludes halogenated alkanes) is 42. The minimum absolute atomic E-state index is 0.00386. The van der Waals surface area contributed by atoms with Crippen LogP contribution in [0.15, 0.2) is 36.5 Å². The van der Waals surface area contributed by atoms with Gasteiger partial charge in [-0.25, -0.2) is 0 Å². The van der Waals surface area contributed by atoms with Gasteiger partial charge in [0.05, 0.1) is 25.4 Å². The highest BCUT2D eigenvalue weighted by molar-refractivity contribution is 5.76. The maximum atomic E-state index is 12.5. The van der Waals surface area contributed by atoms with E-state index in [4.69, 9.17) is 4.74 Å². The lowest BCUT2D eigenvalue weighted by Gasteiger charge is -2.22. The Labute approximate surface area is 443 Å². The molecule has 0 spiro atoms. The maximum Gasteiger partial charge on any atom is 0.305 e. The molecule has 0 fully saturated rings. The van der Waals surface area contributed by atoms with Gasteiger partial charge in [0.1, 0.15) is 0 Å². The number of aliphatic hydroxyl groups is 2. The van der Waals surface area contributed by atoms with Crippen LogP contribution >= 0.6 is 0 Å². The Morgan fingerprint density at radius 2 is 0.704 bits per heavy atom. The van der Waals surface area contributed by atoms with Crippen LogP contribution in [0, 0.1) is 0 Å². The number of rotatable bonds is 59. The molecule has 0 radical (unpaired) electrons. The molecular formula is C65H123NO5. The van der Waals surface area contributed by atoms with Gasteiger partial charge >= 0.3 is 5.97 Å². The van der Waals surface area contributed by atoms with E-state index in [2.05, 4.69) is 55.6 Å². The van der Waals surface area contributed by atoms with Crippen molar-refractivity contribution in [3.05, 3.63) is 36.5 Å². The van der Waals surface area contributed by atoms with Gasteiger partial charge in [-0.1, -0.05) is 281 Å². The van der Waals surface area contributed by atoms with Crippen molar-refractivity contribution < 1.29 is 24.5 Å². The number of hydrogen-bond acceptors (Lipinski definition) is 5. The highest BCUT2D eigenvalue weighted by Gasteiger charge is 2.20. The summed E-state index contributed by atoms with van der Waals surface area (Å²) in [6.45, 7) is 4.93. The molecule has 1 amide bonds. The molecule has 0 bridgehead atoms. The van der Waals surface area contributed by atoms with Crippen molar-refractivity contribution in [1.29, 1.82) is 0 Å². The van der Waals surface area contributed by atoms with E-state index in [9.17, 15) is 19.8 Å². The Morgan fingerprint density at radius 1 is 0.394 bits per heavy atom. The molecule has 6 nitrogen and oxygen atoms in total. The first-order chi connectivity index (χ1) is 35.0. The summed E-state index contributed by atoms with van der Waals surface area (Å²) in [6.07, 6.45) is 75.8. The zero-order valence-corrected chi connectivity index (χ0v) is 47.7. The van der Waals surface area contributed by atoms with E-state index >= 15 is 0 Å². The topological polar surface area (TPSA) is 95.9 Å². The lowest BCUT2D eigenvalue weighted by molar-refractivity contribution is -0.143. The zero-order valence-electron chi connectivity index (χ0n) is 47.7. The van der Waals surface area contributed by atoms with E-state index in [-0.39, 0.29) is 18.5 Å². The summed E-state index contributed by atoms with van der Waals surface area (Å²) >= 11 is 0. The largest absolute Gasteiger partial charge is 0.466 e. The number of hydrogen-bond donors (Lipinski definition) is 3. The van der Waals surface area contributed by atoms with Crippen LogP contribution < -0.4 is 5.32 Å². The van der Waals surface area contributed by atoms with Gasteiger partial charge in [0.15, 0.2) is 0 Å². The smallest absolute Gasteiger partial charge is 0.305 e. The van der Waals surface area contributed by atoms with Crippen molar-refractivity contribution in [2.45, 2.75) is 353 Å². The Kier molecular flexibility index (Phi) is 59.0. The number of amides is 1. The van der Waals surface area contributed by atoms with E-state index in [0.29, 0.717) is 25.9 Å². The summed E-state index contributed by atoms with van der Waals surface area (Å²) in [5.74, 6) is -0.0440. The normalized spacial score (nSPS) is 12.8. The molecule has 0 aromatic rings. The van der Waals surface area contributed by atoms with Crippen LogP contribution in [0.3, 0.4) is 0 Å². The predicted octanol–water partition coefficient (Wildman–Crippen LogP) is 20.0. The fraction of sp³-hybridized carbons (Fsp3) is 0.877. The van der Waals surface area contributed by atoms with Crippen LogP contribution in [0.1, 0.15) is 341 Å². The summed E-state index contributed by atoms with van der Waals surface area (Å²) in [5, 5.41) is 23.3. The van der Waals surface area contributed by atoms with E-state index < -0.39 is 12.1 Å². The maximum absolute atomic E-state index is 12.5. The van der Waals surface area contributed by atoms with E-state index in [1.165, 1.54) is 257 Å². The van der Waals surface area contributed by atoms with Crippen molar-refractivity contribution in [3.8, 4) is 0 Å². The summed E-state index contributed by atoms with van der Waals surface area (Å²) in [6, 6.07) is -0.547. The molecule has 0 aliphatic heterocycles. The Hall–Kier alpha value is -1.92. The van der Waals surface area contributed by atoms with Gasteiger partial charge < -0.3 is 20.3 Å². The molecule has 0 aliphatic carbocycles. The third-order valence-electron chi connectivity index (χ3n) is 14.7. The molecule has 3 N–H and O–H groups in total. The zero-order chi connectivity index (χ0) is 51.4. The summed E-state index contributed by atoms with van der Waals surface area (Å²) in [5.41, 5.74) is 0. The molecule has 6 heteroatoms. The molecule has 0 saturated heterocycles. The monoisotopic (exact) mass is 998 g/mol. The number of aliphatic hydroxyl groups excluding tert-OH is 2. The molecule has 0 aromatic heterocycles. The second kappa shape index (κ2) is 60.6. The first-order valence-corrected chi connectivity index (χ1v) is 31.7. The number of nitrogens with one attached hydrogen (secondary N) is 1. The molecule has 2 atom stereocenters. The van der Waals surface area contributed by atoms with Gasteiger partial charge in [-0.2, -0.15) is 0 Å². The molecule has 0 aromatic carbocycles. The van der Waals surface area contributed by atoms with Crippen molar-refractivity contribution in [3.63, 3.8) is 0 Å². The predicted molar refractivity (Wildman–Crippen MR) is 310 cm³/mol. The summed E-state index contributed by atoms with van der Waals surface area (Å²) < 4.78 is 5.48. The summed E-state index contributed by atoms with van der Waals surface area (Å²) in [7, 11) is 0. The fourth-order valence-corrected chi connectivity index (χ4v) is 9.78. The van der Waals surface area contributed by atoms with E-state index in [1.807, 2.05) is 0 Å². The van der Waals surface area contributed by atoms with Gasteiger partial charge in [0.2, 0.25) is 5.91 Å². The number of carbonyl (C=O) groups excluding carboxylic acids is 2. The average molecular weight is 999 g/mol. The van der Waals surface area contributed by atoms with Crippen LogP contribution in [0.5, 0.6) is 0 Å². The van der Waals surface area contributed by atoms with Gasteiger partial charge in [-0.05, 0) is 83.5 Å². The molecule has 0 saturated carbocycles. The fourth-order valence-electron chi connectivity index (χ4n) is 9.78. The van der Waals surface area contributed by atoms with Gasteiger partial charge in [0, 0.05) is 12.8 Å². The SMILES string of the molecule is CCCCC/C=C\C/C=C\CCCCCCCC(=O)OCCCCCCCCCCCCC/C=C\CCCCCCCCCC(=O)NC(CO)C(O)CCCCCCCCCCCCCCCCCCC. The van der Waals surface area contributed by atoms with Crippen LogP contribution in [0.2, 0.25) is 0 Å². The minimum atomic E-state index is -0.669. The minimum Gasteiger partial charge on any atom is -0.466 e. The molecule has 2 unspecified atom stereocenters. The number of ether oxygens (including phenoxy) is 1. The standard InChI is InChI=1S/C65H123NO5/c1-3-5-7-9-11-13-15-17-19-26-30-33-37-41-45-49-53-57-63(68)62(61-67)66-64(69)58-54-50-46-42-38-34-31-27-24-22-20-21-23-25-28-32-36-40-44-48-52-56-60-71-65(70)59-55-51-47-43-39-35-29-18-16-14-12-10-8-6-4-2/h12,14,18,22,24,29,62-63,67-68H,3-11,13,15-17,19-21,23,25-28,30-61H2,1-2H3,(H,66,69)/b14-12-,24-22-,29-18-. The molecule has 0 heterocycles. The third-order valence-corrected chi connectivity index (χ3v) is 14.7. The van der Waals surface area contributed by atoms with Crippen molar-refractivity contribution >= 4 is 11.9 Å². The van der Waals surface area contributed by atoms with E-state index in [1.54, 1.807) is 0 Å². The van der Waals surface area contributed by atoms with Crippen molar-refractivity contribution in [2.24, 2.45) is 0 Å². The Bertz CT molecular complexity index is 1150. The quantitative estimate of drug-likeness (QED) is 0.0321. The molecule has 0 aliphatic rings. The van der Waals surface area contributed by atoms with Crippen molar-refractivity contribution in [1.82, 2.24) is 5.32 Å². The Balaban J connectivity index is 3.42. The molecular weight excluding hydrogens is 875 g/mol. The van der Waals surface area contributed by atoms with Gasteiger partial charge in [-0.15, -0.1) is 0 Å². The third kappa shape index (κ3) is 57.2. The lowest BCUT2D eigenvalue weighted by atomic mass is 10.0. The van der Waals surface area contributed by atoms with Crippen LogP contribution in [-0.4, -0.2) is 47.4 Å².